The second-order valence-corrected chi connectivity index (χ2v) is 7.66. The van der Waals surface area contributed by atoms with Crippen LogP contribution >= 0.6 is 0 Å². The number of hydrogen-bond acceptors (Lipinski definition) is 2. The molecule has 4 rings (SSSR count). The second-order valence-electron chi connectivity index (χ2n) is 7.66. The van der Waals surface area contributed by atoms with Gasteiger partial charge in [0.25, 0.3) is 0 Å². The minimum Gasteiger partial charge on any atom is -0.338 e. The first-order valence-corrected chi connectivity index (χ1v) is 9.05. The highest BCUT2D eigenvalue weighted by molar-refractivity contribution is 5.84. The average molecular weight is 334 g/mol. The van der Waals surface area contributed by atoms with Gasteiger partial charge in [-0.1, -0.05) is 12.5 Å². The van der Waals surface area contributed by atoms with Gasteiger partial charge >= 0.3 is 0 Å². The average Bonchev–Trinajstić information content (AvgIpc) is 2.91. The van der Waals surface area contributed by atoms with Crippen molar-refractivity contribution in [2.24, 2.45) is 5.41 Å². The Morgan fingerprint density at radius 2 is 1.92 bits per heavy atom. The largest absolute Gasteiger partial charge is 0.338 e. The number of piperidine rings is 1. The van der Waals surface area contributed by atoms with Crippen molar-refractivity contribution in [1.82, 2.24) is 9.80 Å². The zero-order valence-electron chi connectivity index (χ0n) is 13.9. The molecule has 1 atom stereocenters. The molecule has 0 radical (unpaired) electrons. The number of carbonyl (C=O) groups is 1. The van der Waals surface area contributed by atoms with Crippen LogP contribution in [0, 0.1) is 17.0 Å². The van der Waals surface area contributed by atoms with Gasteiger partial charge in [0.1, 0.15) is 0 Å². The Kier molecular flexibility index (Phi) is 4.07. The van der Waals surface area contributed by atoms with Gasteiger partial charge in [-0.2, -0.15) is 0 Å². The van der Waals surface area contributed by atoms with Crippen LogP contribution in [0.3, 0.4) is 0 Å². The third kappa shape index (κ3) is 2.73. The summed E-state index contributed by atoms with van der Waals surface area (Å²) in [5, 5.41) is 0. The molecule has 5 heteroatoms. The van der Waals surface area contributed by atoms with E-state index < -0.39 is 11.6 Å². The number of likely N-dealkylation sites (tertiary alicyclic amines) is 2. The van der Waals surface area contributed by atoms with Crippen molar-refractivity contribution in [3.8, 4) is 0 Å². The summed E-state index contributed by atoms with van der Waals surface area (Å²) in [6.45, 7) is 2.99. The Labute approximate surface area is 141 Å². The fourth-order valence-corrected chi connectivity index (χ4v) is 4.51. The molecule has 1 spiro atoms. The number of nitrogens with zero attached hydrogens (tertiary/aromatic N) is 2. The molecule has 24 heavy (non-hydrogen) atoms. The fraction of sp³-hybridized carbons (Fsp3) is 0.632. The predicted molar refractivity (Wildman–Crippen MR) is 87.3 cm³/mol. The van der Waals surface area contributed by atoms with Gasteiger partial charge in [0.2, 0.25) is 5.91 Å². The smallest absolute Gasteiger partial charge is 0.230 e. The van der Waals surface area contributed by atoms with E-state index in [0.717, 1.165) is 38.4 Å². The molecule has 1 saturated carbocycles. The van der Waals surface area contributed by atoms with Crippen molar-refractivity contribution in [2.75, 3.05) is 19.6 Å². The van der Waals surface area contributed by atoms with Crippen molar-refractivity contribution in [3.63, 3.8) is 0 Å². The summed E-state index contributed by atoms with van der Waals surface area (Å²) in [6.07, 6.45) is 6.74. The first-order valence-electron chi connectivity index (χ1n) is 9.05. The predicted octanol–water partition coefficient (Wildman–Crippen LogP) is 3.33. The van der Waals surface area contributed by atoms with Crippen LogP contribution in [-0.4, -0.2) is 41.4 Å². The lowest BCUT2D eigenvalue weighted by atomic mass is 9.78. The van der Waals surface area contributed by atoms with Gasteiger partial charge in [-0.15, -0.1) is 0 Å². The van der Waals surface area contributed by atoms with Crippen LogP contribution in [0.15, 0.2) is 18.2 Å². The minimum absolute atomic E-state index is 0.209. The highest BCUT2D eigenvalue weighted by Gasteiger charge is 2.49. The Balaban J connectivity index is 1.47. The minimum atomic E-state index is -0.844. The van der Waals surface area contributed by atoms with E-state index in [2.05, 4.69) is 4.90 Å². The van der Waals surface area contributed by atoms with Crippen LogP contribution in [-0.2, 0) is 11.3 Å². The maximum Gasteiger partial charge on any atom is 0.230 e. The molecule has 2 saturated heterocycles. The molecular weight excluding hydrogens is 310 g/mol. The molecule has 2 heterocycles. The highest BCUT2D eigenvalue weighted by atomic mass is 19.2. The summed E-state index contributed by atoms with van der Waals surface area (Å²) in [7, 11) is 0. The van der Waals surface area contributed by atoms with Crippen molar-refractivity contribution in [2.45, 2.75) is 51.1 Å². The van der Waals surface area contributed by atoms with Gasteiger partial charge in [-0.05, 0) is 56.3 Å². The van der Waals surface area contributed by atoms with E-state index >= 15 is 0 Å². The van der Waals surface area contributed by atoms with E-state index in [0.29, 0.717) is 24.7 Å². The molecule has 1 aliphatic carbocycles. The van der Waals surface area contributed by atoms with Gasteiger partial charge < -0.3 is 4.90 Å². The van der Waals surface area contributed by atoms with Crippen molar-refractivity contribution in [3.05, 3.63) is 35.4 Å². The second kappa shape index (κ2) is 6.10. The van der Waals surface area contributed by atoms with E-state index in [1.54, 1.807) is 6.07 Å². The summed E-state index contributed by atoms with van der Waals surface area (Å²) in [6, 6.07) is 4.60. The summed E-state index contributed by atoms with van der Waals surface area (Å²) < 4.78 is 26.5. The van der Waals surface area contributed by atoms with E-state index in [1.165, 1.54) is 25.3 Å². The molecule has 3 aliphatic rings. The van der Waals surface area contributed by atoms with Gasteiger partial charge in [0.05, 0.1) is 5.41 Å². The lowest BCUT2D eigenvalue weighted by Crippen LogP contribution is -2.50. The molecule has 0 N–H and O–H groups in total. The van der Waals surface area contributed by atoms with Gasteiger partial charge in [0, 0.05) is 25.7 Å². The van der Waals surface area contributed by atoms with Crippen LogP contribution in [0.25, 0.3) is 0 Å². The Morgan fingerprint density at radius 3 is 2.62 bits per heavy atom. The Morgan fingerprint density at radius 1 is 1.08 bits per heavy atom. The van der Waals surface area contributed by atoms with Crippen molar-refractivity contribution >= 4 is 5.91 Å². The van der Waals surface area contributed by atoms with Crippen molar-refractivity contribution < 1.29 is 13.6 Å². The number of halogens is 2. The maximum absolute atomic E-state index is 13.4. The SMILES string of the molecule is O=C1N(Cc2ccc(F)c(F)c2)CCCC12CCN(C1CCC1)C2. The molecule has 0 aromatic heterocycles. The Bertz CT molecular complexity index is 646. The summed E-state index contributed by atoms with van der Waals surface area (Å²) >= 11 is 0. The third-order valence-electron chi connectivity index (χ3n) is 6.16. The maximum atomic E-state index is 13.4. The monoisotopic (exact) mass is 334 g/mol. The lowest BCUT2D eigenvalue weighted by molar-refractivity contribution is -0.146. The first-order chi connectivity index (χ1) is 11.6. The highest BCUT2D eigenvalue weighted by Crippen LogP contribution is 2.43. The van der Waals surface area contributed by atoms with E-state index in [9.17, 15) is 13.6 Å². The molecule has 0 bridgehead atoms. The molecule has 2 aliphatic heterocycles. The van der Waals surface area contributed by atoms with Crippen LogP contribution in [0.4, 0.5) is 8.78 Å². The van der Waals surface area contributed by atoms with Gasteiger partial charge in [0.15, 0.2) is 11.6 Å². The normalized spacial score (nSPS) is 28.6. The van der Waals surface area contributed by atoms with Crippen LogP contribution in [0.1, 0.15) is 44.1 Å². The van der Waals surface area contributed by atoms with Crippen LogP contribution in [0.5, 0.6) is 0 Å². The van der Waals surface area contributed by atoms with E-state index in [1.807, 2.05) is 4.90 Å². The van der Waals surface area contributed by atoms with Gasteiger partial charge in [-0.3, -0.25) is 9.69 Å². The molecular formula is C19H24F2N2O. The number of rotatable bonds is 3. The molecule has 1 amide bonds. The fourth-order valence-electron chi connectivity index (χ4n) is 4.51. The number of hydrogen-bond donors (Lipinski definition) is 0. The zero-order valence-corrected chi connectivity index (χ0v) is 13.9. The van der Waals surface area contributed by atoms with E-state index in [-0.39, 0.29) is 11.3 Å². The number of amides is 1. The summed E-state index contributed by atoms with van der Waals surface area (Å²) in [4.78, 5) is 17.5. The first kappa shape index (κ1) is 16.0. The molecule has 1 aromatic carbocycles. The molecule has 1 aromatic rings. The molecule has 3 nitrogen and oxygen atoms in total. The third-order valence-corrected chi connectivity index (χ3v) is 6.16. The lowest BCUT2D eigenvalue weighted by Gasteiger charge is -2.41. The van der Waals surface area contributed by atoms with Gasteiger partial charge in [-0.25, -0.2) is 8.78 Å². The summed E-state index contributed by atoms with van der Waals surface area (Å²) in [5.74, 6) is -1.48. The molecule has 3 fully saturated rings. The number of carbonyl (C=O) groups excluding carboxylic acids is 1. The summed E-state index contributed by atoms with van der Waals surface area (Å²) in [5.41, 5.74) is 0.417. The van der Waals surface area contributed by atoms with Crippen LogP contribution < -0.4 is 0 Å². The van der Waals surface area contributed by atoms with E-state index in [4.69, 9.17) is 0 Å². The number of benzene rings is 1. The quantitative estimate of drug-likeness (QED) is 0.846. The molecule has 1 unspecified atom stereocenters. The molecule has 130 valence electrons. The van der Waals surface area contributed by atoms with Crippen LogP contribution in [0.2, 0.25) is 0 Å². The van der Waals surface area contributed by atoms with Crippen molar-refractivity contribution in [1.29, 1.82) is 0 Å². The standard InChI is InChI=1S/C19H24F2N2O/c20-16-6-5-14(11-17(16)21)12-22-9-2-7-19(18(22)24)8-10-23(13-19)15-3-1-4-15/h5-6,11,15H,1-4,7-10,12-13H2. The Hall–Kier alpha value is -1.49. The zero-order chi connectivity index (χ0) is 16.7. The topological polar surface area (TPSA) is 23.6 Å².